The minimum atomic E-state index is -0.199. The zero-order valence-electron chi connectivity index (χ0n) is 13.0. The summed E-state index contributed by atoms with van der Waals surface area (Å²) in [5.41, 5.74) is 0. The van der Waals surface area contributed by atoms with Gasteiger partial charge in [-0.2, -0.15) is 42.3 Å². The van der Waals surface area contributed by atoms with Crippen LogP contribution in [-0.4, -0.2) is 79.0 Å². The summed E-state index contributed by atoms with van der Waals surface area (Å²) < 4.78 is 0. The average Bonchev–Trinajstić information content (AvgIpc) is 2.04. The van der Waals surface area contributed by atoms with Gasteiger partial charge in [-0.25, -0.2) is 0 Å². The van der Waals surface area contributed by atoms with E-state index < -0.39 is 0 Å². The molecule has 0 aliphatic carbocycles. The third kappa shape index (κ3) is 171. The van der Waals surface area contributed by atoms with Crippen LogP contribution >= 0.6 is 0 Å². The molecule has 17 heavy (non-hydrogen) atoms. The van der Waals surface area contributed by atoms with E-state index in [0.29, 0.717) is 0 Å². The predicted octanol–water partition coefficient (Wildman–Crippen LogP) is 1.79. The van der Waals surface area contributed by atoms with Gasteiger partial charge in [0, 0.05) is 6.54 Å². The third-order valence-electron chi connectivity index (χ3n) is 0.629. The summed E-state index contributed by atoms with van der Waals surface area (Å²) in [6.45, 7) is 2.53. The van der Waals surface area contributed by atoms with Crippen LogP contribution in [0.2, 0.25) is 0 Å². The summed E-state index contributed by atoms with van der Waals surface area (Å²) in [4.78, 5) is 1.95. The van der Waals surface area contributed by atoms with E-state index in [4.69, 9.17) is 5.11 Å². The minimum absolute atomic E-state index is 0. The minimum Gasteiger partial charge on any atom is -0.668 e. The molecule has 0 fully saturated rings. The second kappa shape index (κ2) is 36.0. The van der Waals surface area contributed by atoms with E-state index in [1.807, 2.05) is 19.0 Å². The fourth-order valence-corrected chi connectivity index (χ4v) is 0.528. The number of likely N-dealkylation sites (N-methyl/N-ethyl adjacent to an activating group) is 1. The number of hydrogen-bond donors (Lipinski definition) is 1. The van der Waals surface area contributed by atoms with Crippen molar-refractivity contribution >= 4 is 0 Å². The van der Waals surface area contributed by atoms with Crippen molar-refractivity contribution in [2.24, 2.45) is 0 Å². The van der Waals surface area contributed by atoms with Crippen molar-refractivity contribution in [2.75, 3.05) is 62.9 Å². The fraction of sp³-hybridized carbons (Fsp3) is 1.00. The standard InChI is InChI=1S/C5H13NO.3C2H6N.Ti/c1-5(7)4-6(2)3;3*1-3-2;/h5,7H,4H2,1-3H3;3*1-2H3;/q;3*-1;+3. The molecule has 0 aliphatic heterocycles. The maximum atomic E-state index is 8.68. The first-order valence-electron chi connectivity index (χ1n) is 5.14. The Hall–Kier alpha value is 0.514. The van der Waals surface area contributed by atoms with Crippen molar-refractivity contribution < 1.29 is 26.8 Å². The first-order chi connectivity index (χ1) is 7.37. The summed E-state index contributed by atoms with van der Waals surface area (Å²) in [5, 5.41) is 19.2. The Bertz CT molecular complexity index is 75.1. The van der Waals surface area contributed by atoms with Crippen molar-refractivity contribution in [2.45, 2.75) is 13.0 Å². The van der Waals surface area contributed by atoms with Crippen molar-refractivity contribution in [3.05, 3.63) is 16.0 Å². The third-order valence-corrected chi connectivity index (χ3v) is 0.629. The number of rotatable bonds is 2. The fourth-order valence-electron chi connectivity index (χ4n) is 0.528. The molecule has 1 radical (unpaired) electrons. The van der Waals surface area contributed by atoms with Crippen LogP contribution in [0.3, 0.4) is 0 Å². The van der Waals surface area contributed by atoms with Gasteiger partial charge in [0.15, 0.2) is 0 Å². The molecule has 0 spiro atoms. The van der Waals surface area contributed by atoms with E-state index in [1.54, 1.807) is 49.2 Å². The Labute approximate surface area is 124 Å². The Morgan fingerprint density at radius 3 is 1.06 bits per heavy atom. The molecule has 6 heteroatoms. The molecule has 0 aromatic rings. The summed E-state index contributed by atoms with van der Waals surface area (Å²) in [5.74, 6) is 0. The largest absolute Gasteiger partial charge is 3.00 e. The molecule has 1 unspecified atom stereocenters. The summed E-state index contributed by atoms with van der Waals surface area (Å²) in [6.07, 6.45) is -0.199. The maximum Gasteiger partial charge on any atom is 3.00 e. The first-order valence-corrected chi connectivity index (χ1v) is 5.14. The molecule has 1 N–H and O–H groups in total. The average molecular weight is 283 g/mol. The molecular weight excluding hydrogens is 252 g/mol. The number of aliphatic hydroxyl groups excluding tert-OH is 1. The molecule has 0 aromatic heterocycles. The molecule has 0 bridgehead atoms. The van der Waals surface area contributed by atoms with Gasteiger partial charge in [-0.3, -0.25) is 0 Å². The quantitative estimate of drug-likeness (QED) is 0.785. The smallest absolute Gasteiger partial charge is 0.668 e. The van der Waals surface area contributed by atoms with Gasteiger partial charge in [0.05, 0.1) is 6.10 Å². The van der Waals surface area contributed by atoms with E-state index in [9.17, 15) is 0 Å². The Morgan fingerprint density at radius 2 is 1.06 bits per heavy atom. The summed E-state index contributed by atoms with van der Waals surface area (Å²) >= 11 is 0. The summed E-state index contributed by atoms with van der Waals surface area (Å²) in [6, 6.07) is 0. The number of hydrogen-bond acceptors (Lipinski definition) is 2. The van der Waals surface area contributed by atoms with Crippen LogP contribution in [0.1, 0.15) is 6.92 Å². The van der Waals surface area contributed by atoms with Crippen LogP contribution in [-0.2, 0) is 21.7 Å². The molecule has 0 aliphatic rings. The molecule has 0 amide bonds. The van der Waals surface area contributed by atoms with Gasteiger partial charge in [-0.05, 0) is 21.0 Å². The SMILES string of the molecule is CC(O)CN(C)C.C[N-]C.C[N-]C.C[N-]C.[Ti+3]. The van der Waals surface area contributed by atoms with Crippen molar-refractivity contribution in [3.8, 4) is 0 Å². The molecule has 0 rings (SSSR count). The molecule has 1 atom stereocenters. The predicted molar refractivity (Wildman–Crippen MR) is 75.9 cm³/mol. The van der Waals surface area contributed by atoms with Gasteiger partial charge in [0.2, 0.25) is 0 Å². The van der Waals surface area contributed by atoms with Crippen molar-refractivity contribution in [1.82, 2.24) is 4.90 Å². The van der Waals surface area contributed by atoms with Gasteiger partial charge in [0.25, 0.3) is 0 Å². The normalized spacial score (nSPS) is 9.35. The van der Waals surface area contributed by atoms with Gasteiger partial charge in [-0.1, -0.05) is 0 Å². The molecule has 105 valence electrons. The van der Waals surface area contributed by atoms with Gasteiger partial charge >= 0.3 is 21.7 Å². The van der Waals surface area contributed by atoms with E-state index in [2.05, 4.69) is 16.0 Å². The van der Waals surface area contributed by atoms with E-state index in [-0.39, 0.29) is 27.8 Å². The zero-order valence-corrected chi connectivity index (χ0v) is 14.6. The van der Waals surface area contributed by atoms with Crippen molar-refractivity contribution in [3.63, 3.8) is 0 Å². The maximum absolute atomic E-state index is 8.68. The van der Waals surface area contributed by atoms with Crippen LogP contribution in [0.15, 0.2) is 0 Å². The Morgan fingerprint density at radius 1 is 0.882 bits per heavy atom. The van der Waals surface area contributed by atoms with E-state index in [1.165, 1.54) is 0 Å². The van der Waals surface area contributed by atoms with Crippen molar-refractivity contribution in [1.29, 1.82) is 0 Å². The van der Waals surface area contributed by atoms with Crippen LogP contribution in [0, 0.1) is 0 Å². The Kier molecular flexibility index (Phi) is 64.5. The monoisotopic (exact) mass is 283 g/mol. The van der Waals surface area contributed by atoms with Crippen LogP contribution < -0.4 is 0 Å². The number of aliphatic hydroxyl groups is 1. The molecule has 0 saturated heterocycles. The van der Waals surface area contributed by atoms with Crippen LogP contribution in [0.4, 0.5) is 0 Å². The Balaban J connectivity index is -0.0000000411. The van der Waals surface area contributed by atoms with Crippen LogP contribution in [0.25, 0.3) is 16.0 Å². The van der Waals surface area contributed by atoms with E-state index >= 15 is 0 Å². The second-order valence-electron chi connectivity index (χ2n) is 3.45. The van der Waals surface area contributed by atoms with Gasteiger partial charge < -0.3 is 26.0 Å². The zero-order chi connectivity index (χ0) is 14.0. The molecule has 5 nitrogen and oxygen atoms in total. The number of nitrogens with zero attached hydrogens (tertiary/aromatic N) is 4. The topological polar surface area (TPSA) is 65.8 Å². The molecular formula is C11H31N4OTi. The second-order valence-corrected chi connectivity index (χ2v) is 3.45. The molecule has 0 heterocycles. The molecule has 0 aromatic carbocycles. The van der Waals surface area contributed by atoms with Gasteiger partial charge in [-0.15, -0.1) is 0 Å². The van der Waals surface area contributed by atoms with Crippen LogP contribution in [0.5, 0.6) is 0 Å². The summed E-state index contributed by atoms with van der Waals surface area (Å²) in [7, 11) is 14.4. The van der Waals surface area contributed by atoms with Gasteiger partial charge in [0.1, 0.15) is 0 Å². The molecule has 0 saturated carbocycles. The first kappa shape index (κ1) is 30.5. The van der Waals surface area contributed by atoms with E-state index in [0.717, 1.165) is 6.54 Å².